The maximum atomic E-state index is 11.7. The topological polar surface area (TPSA) is 61.2 Å². The number of benzene rings is 1. The van der Waals surface area contributed by atoms with Crippen LogP contribution in [0.2, 0.25) is 0 Å². The molecular weight excluding hydrogens is 256 g/mol. The van der Waals surface area contributed by atoms with E-state index in [2.05, 4.69) is 5.10 Å². The first-order valence-corrected chi connectivity index (χ1v) is 6.38. The average Bonchev–Trinajstić information content (AvgIpc) is 2.40. The molecule has 1 aromatic carbocycles. The summed E-state index contributed by atoms with van der Waals surface area (Å²) >= 11 is 0. The maximum Gasteiger partial charge on any atom is 0.211 e. The van der Waals surface area contributed by atoms with Gasteiger partial charge in [-0.1, -0.05) is 12.1 Å². The molecule has 2 aromatic rings. The van der Waals surface area contributed by atoms with Gasteiger partial charge in [0, 0.05) is 18.7 Å². The molecule has 1 aromatic heterocycles. The zero-order chi connectivity index (χ0) is 14.7. The van der Waals surface area contributed by atoms with Crippen LogP contribution in [0.4, 0.5) is 0 Å². The smallest absolute Gasteiger partial charge is 0.211 e. The van der Waals surface area contributed by atoms with Crippen molar-refractivity contribution in [2.75, 3.05) is 6.61 Å². The van der Waals surface area contributed by atoms with E-state index < -0.39 is 0 Å². The summed E-state index contributed by atoms with van der Waals surface area (Å²) in [6, 6.07) is 8.78. The lowest BCUT2D eigenvalue weighted by molar-refractivity contribution is 0.101. The van der Waals surface area contributed by atoms with Gasteiger partial charge in [-0.15, -0.1) is 0 Å². The van der Waals surface area contributed by atoms with Crippen LogP contribution in [-0.2, 0) is 0 Å². The molecule has 104 valence electrons. The zero-order valence-corrected chi connectivity index (χ0v) is 11.7. The van der Waals surface area contributed by atoms with Crippen molar-refractivity contribution >= 4 is 5.78 Å². The lowest BCUT2D eigenvalue weighted by Crippen LogP contribution is -2.21. The quantitative estimate of drug-likeness (QED) is 0.800. The van der Waals surface area contributed by atoms with Gasteiger partial charge < -0.3 is 4.74 Å². The number of para-hydroxylation sites is 2. The van der Waals surface area contributed by atoms with Crippen molar-refractivity contribution in [1.29, 1.82) is 0 Å². The van der Waals surface area contributed by atoms with E-state index in [9.17, 15) is 9.59 Å². The molecule has 5 heteroatoms. The molecule has 1 heterocycles. The van der Waals surface area contributed by atoms with Crippen molar-refractivity contribution in [3.8, 4) is 11.4 Å². The predicted molar refractivity (Wildman–Crippen MR) is 75.7 cm³/mol. The normalized spacial score (nSPS) is 10.3. The first kappa shape index (κ1) is 14.0. The molecule has 0 atom stereocenters. The Morgan fingerprint density at radius 1 is 1.35 bits per heavy atom. The molecular formula is C15H16N2O3. The van der Waals surface area contributed by atoms with Crippen molar-refractivity contribution in [3.05, 3.63) is 51.9 Å². The van der Waals surface area contributed by atoms with Crippen LogP contribution in [0.25, 0.3) is 5.69 Å². The van der Waals surface area contributed by atoms with Crippen LogP contribution in [0, 0.1) is 6.92 Å². The molecule has 5 nitrogen and oxygen atoms in total. The minimum Gasteiger partial charge on any atom is -0.492 e. The molecule has 0 aliphatic heterocycles. The monoisotopic (exact) mass is 272 g/mol. The van der Waals surface area contributed by atoms with Gasteiger partial charge in [-0.2, -0.15) is 5.10 Å². The number of rotatable bonds is 4. The summed E-state index contributed by atoms with van der Waals surface area (Å²) in [6.07, 6.45) is 0. The van der Waals surface area contributed by atoms with Gasteiger partial charge in [-0.3, -0.25) is 9.59 Å². The lowest BCUT2D eigenvalue weighted by Gasteiger charge is -2.14. The van der Waals surface area contributed by atoms with Gasteiger partial charge >= 0.3 is 0 Å². The minimum absolute atomic E-state index is 0.0677. The van der Waals surface area contributed by atoms with Crippen molar-refractivity contribution in [3.63, 3.8) is 0 Å². The van der Waals surface area contributed by atoms with Gasteiger partial charge in [0.2, 0.25) is 5.43 Å². The Hall–Kier alpha value is -2.43. The highest BCUT2D eigenvalue weighted by molar-refractivity contribution is 5.91. The fraction of sp³-hybridized carbons (Fsp3) is 0.267. The van der Waals surface area contributed by atoms with Crippen LogP contribution in [0.3, 0.4) is 0 Å². The number of aromatic nitrogens is 2. The summed E-state index contributed by atoms with van der Waals surface area (Å²) in [5, 5.41) is 4.16. The van der Waals surface area contributed by atoms with Gasteiger partial charge in [0.15, 0.2) is 11.5 Å². The second-order valence-corrected chi connectivity index (χ2v) is 4.37. The van der Waals surface area contributed by atoms with Gasteiger partial charge in [0.25, 0.3) is 0 Å². The number of hydrogen-bond donors (Lipinski definition) is 0. The molecule has 0 saturated carbocycles. The Morgan fingerprint density at radius 3 is 2.70 bits per heavy atom. The van der Waals surface area contributed by atoms with Crippen molar-refractivity contribution < 1.29 is 9.53 Å². The first-order chi connectivity index (χ1) is 9.54. The molecule has 0 bridgehead atoms. The number of carbonyl (C=O) groups excluding carboxylic acids is 1. The van der Waals surface area contributed by atoms with E-state index in [-0.39, 0.29) is 16.9 Å². The number of nitrogens with zero attached hydrogens (tertiary/aromatic N) is 2. The second kappa shape index (κ2) is 5.69. The molecule has 0 fully saturated rings. The van der Waals surface area contributed by atoms with Crippen LogP contribution in [-0.4, -0.2) is 22.2 Å². The number of hydrogen-bond acceptors (Lipinski definition) is 4. The SMILES string of the molecule is CCOc1ccccc1-n1nc(C(C)=O)c(=O)cc1C. The fourth-order valence-corrected chi connectivity index (χ4v) is 1.94. The summed E-state index contributed by atoms with van der Waals surface area (Å²) in [5.41, 5.74) is 0.920. The molecule has 0 aliphatic rings. The Balaban J connectivity index is 2.67. The predicted octanol–water partition coefficient (Wildman–Crippen LogP) is 2.14. The molecule has 0 spiro atoms. The van der Waals surface area contributed by atoms with E-state index in [4.69, 9.17) is 4.74 Å². The second-order valence-electron chi connectivity index (χ2n) is 4.37. The Bertz CT molecular complexity index is 705. The number of carbonyl (C=O) groups is 1. The number of aryl methyl sites for hydroxylation is 1. The molecule has 0 amide bonds. The Morgan fingerprint density at radius 2 is 2.05 bits per heavy atom. The summed E-state index contributed by atoms with van der Waals surface area (Å²) in [6.45, 7) is 5.51. The highest BCUT2D eigenvalue weighted by atomic mass is 16.5. The molecule has 0 saturated heterocycles. The zero-order valence-electron chi connectivity index (χ0n) is 11.7. The average molecular weight is 272 g/mol. The fourth-order valence-electron chi connectivity index (χ4n) is 1.94. The van der Waals surface area contributed by atoms with Crippen molar-refractivity contribution in [2.24, 2.45) is 0 Å². The highest BCUT2D eigenvalue weighted by Gasteiger charge is 2.13. The molecule has 20 heavy (non-hydrogen) atoms. The van der Waals surface area contributed by atoms with Gasteiger partial charge in [0.05, 0.1) is 6.61 Å². The maximum absolute atomic E-state index is 11.7. The molecule has 0 aliphatic carbocycles. The summed E-state index contributed by atoms with van der Waals surface area (Å²) < 4.78 is 7.11. The number of ketones is 1. The van der Waals surface area contributed by atoms with Crippen LogP contribution in [0.1, 0.15) is 30.0 Å². The summed E-state index contributed by atoms with van der Waals surface area (Å²) in [5.74, 6) is 0.307. The standard InChI is InChI=1S/C15H16N2O3/c1-4-20-14-8-6-5-7-12(14)17-10(2)9-13(19)15(16-17)11(3)18/h5-9H,4H2,1-3H3. The highest BCUT2D eigenvalue weighted by Crippen LogP contribution is 2.22. The minimum atomic E-state index is -0.361. The molecule has 0 radical (unpaired) electrons. The van der Waals surface area contributed by atoms with Crippen molar-refractivity contribution in [2.45, 2.75) is 20.8 Å². The van der Waals surface area contributed by atoms with E-state index in [0.717, 1.165) is 0 Å². The summed E-state index contributed by atoms with van der Waals surface area (Å²) in [7, 11) is 0. The number of ether oxygens (including phenoxy) is 1. The molecule has 2 rings (SSSR count). The first-order valence-electron chi connectivity index (χ1n) is 6.38. The summed E-state index contributed by atoms with van der Waals surface area (Å²) in [4.78, 5) is 23.2. The van der Waals surface area contributed by atoms with E-state index in [1.54, 1.807) is 11.6 Å². The van der Waals surface area contributed by atoms with Gasteiger partial charge in [-0.05, 0) is 26.0 Å². The van der Waals surface area contributed by atoms with Gasteiger partial charge in [-0.25, -0.2) is 4.68 Å². The van der Waals surface area contributed by atoms with E-state index in [1.165, 1.54) is 13.0 Å². The number of Topliss-reactive ketones (excluding diaryl/α,β-unsaturated/α-hetero) is 1. The van der Waals surface area contributed by atoms with Crippen LogP contribution in [0.5, 0.6) is 5.75 Å². The van der Waals surface area contributed by atoms with Crippen LogP contribution >= 0.6 is 0 Å². The third-order valence-corrected chi connectivity index (χ3v) is 2.83. The van der Waals surface area contributed by atoms with Gasteiger partial charge in [0.1, 0.15) is 11.4 Å². The third kappa shape index (κ3) is 2.61. The Labute approximate surface area is 116 Å². The lowest BCUT2D eigenvalue weighted by atomic mass is 10.2. The third-order valence-electron chi connectivity index (χ3n) is 2.83. The van der Waals surface area contributed by atoms with E-state index in [0.29, 0.717) is 23.7 Å². The largest absolute Gasteiger partial charge is 0.492 e. The van der Waals surface area contributed by atoms with Crippen LogP contribution in [0.15, 0.2) is 35.1 Å². The van der Waals surface area contributed by atoms with E-state index >= 15 is 0 Å². The molecule has 0 N–H and O–H groups in total. The van der Waals surface area contributed by atoms with Crippen LogP contribution < -0.4 is 10.2 Å². The Kier molecular flexibility index (Phi) is 3.98. The van der Waals surface area contributed by atoms with E-state index in [1.807, 2.05) is 31.2 Å². The van der Waals surface area contributed by atoms with Crippen molar-refractivity contribution in [1.82, 2.24) is 9.78 Å². The molecule has 0 unspecified atom stereocenters.